The minimum absolute atomic E-state index is 0. The van der Waals surface area contributed by atoms with Crippen molar-refractivity contribution in [1.82, 2.24) is 10.6 Å². The molecule has 1 aliphatic rings. The largest absolute Gasteiger partial charge is 0.378 e. The van der Waals surface area contributed by atoms with Crippen LogP contribution in [0.4, 0.5) is 10.1 Å². The normalized spacial score (nSPS) is 14.8. The molecule has 0 aliphatic carbocycles. The number of halogens is 2. The predicted molar refractivity (Wildman–Crippen MR) is 133 cm³/mol. The molecular formula is C23H32FIN4O. The molecule has 0 bridgehead atoms. The molecule has 1 aliphatic heterocycles. The fourth-order valence-corrected chi connectivity index (χ4v) is 3.42. The van der Waals surface area contributed by atoms with Gasteiger partial charge >= 0.3 is 0 Å². The van der Waals surface area contributed by atoms with Crippen LogP contribution in [-0.2, 0) is 16.7 Å². The van der Waals surface area contributed by atoms with Gasteiger partial charge in [-0.3, -0.25) is 4.99 Å². The lowest BCUT2D eigenvalue weighted by Gasteiger charge is -2.29. The molecule has 0 aromatic heterocycles. The van der Waals surface area contributed by atoms with Gasteiger partial charge in [0.2, 0.25) is 0 Å². The summed E-state index contributed by atoms with van der Waals surface area (Å²) in [6, 6.07) is 15.8. The zero-order valence-electron chi connectivity index (χ0n) is 18.0. The monoisotopic (exact) mass is 526 g/mol. The maximum atomic E-state index is 14.6. The first kappa shape index (κ1) is 24.4. The number of benzene rings is 2. The van der Waals surface area contributed by atoms with Crippen LogP contribution < -0.4 is 15.5 Å². The van der Waals surface area contributed by atoms with Gasteiger partial charge in [-0.05, 0) is 23.3 Å². The van der Waals surface area contributed by atoms with Gasteiger partial charge < -0.3 is 20.3 Å². The Morgan fingerprint density at radius 2 is 1.80 bits per heavy atom. The number of anilines is 1. The molecule has 2 N–H and O–H groups in total. The van der Waals surface area contributed by atoms with Gasteiger partial charge in [0.25, 0.3) is 0 Å². The minimum atomic E-state index is -0.195. The highest BCUT2D eigenvalue weighted by molar-refractivity contribution is 14.0. The summed E-state index contributed by atoms with van der Waals surface area (Å²) in [6.45, 7) is 8.37. The van der Waals surface area contributed by atoms with E-state index in [1.807, 2.05) is 23.1 Å². The van der Waals surface area contributed by atoms with Crippen LogP contribution in [0.15, 0.2) is 53.5 Å². The zero-order valence-corrected chi connectivity index (χ0v) is 20.3. The number of ether oxygens (including phenoxy) is 1. The summed E-state index contributed by atoms with van der Waals surface area (Å²) in [5.74, 6) is 0.506. The fraction of sp³-hybridized carbons (Fsp3) is 0.435. The van der Waals surface area contributed by atoms with Crippen LogP contribution in [0.1, 0.15) is 25.0 Å². The summed E-state index contributed by atoms with van der Waals surface area (Å²) in [6.07, 6.45) is 0. The maximum Gasteiger partial charge on any atom is 0.191 e. The first-order valence-corrected chi connectivity index (χ1v) is 10.1. The molecule has 0 spiro atoms. The van der Waals surface area contributed by atoms with Crippen LogP contribution in [0.3, 0.4) is 0 Å². The van der Waals surface area contributed by atoms with Gasteiger partial charge in [0, 0.05) is 38.6 Å². The highest BCUT2D eigenvalue weighted by Crippen LogP contribution is 2.22. The lowest BCUT2D eigenvalue weighted by molar-refractivity contribution is 0.122. The Balaban J connectivity index is 0.00000320. The number of guanidine groups is 1. The number of aliphatic imine (C=N–C) groups is 1. The smallest absolute Gasteiger partial charge is 0.191 e. The van der Waals surface area contributed by atoms with Gasteiger partial charge in [0.1, 0.15) is 5.82 Å². The molecule has 2 aromatic rings. The van der Waals surface area contributed by atoms with Crippen molar-refractivity contribution in [2.45, 2.75) is 25.8 Å². The van der Waals surface area contributed by atoms with Gasteiger partial charge in [0.15, 0.2) is 5.96 Å². The van der Waals surface area contributed by atoms with E-state index in [2.05, 4.69) is 53.7 Å². The molecule has 0 unspecified atom stereocenters. The predicted octanol–water partition coefficient (Wildman–Crippen LogP) is 3.92. The molecule has 30 heavy (non-hydrogen) atoms. The Hall–Kier alpha value is -1.87. The first-order valence-electron chi connectivity index (χ1n) is 10.1. The van der Waals surface area contributed by atoms with Crippen LogP contribution in [0.2, 0.25) is 0 Å². The Kier molecular flexibility index (Phi) is 9.36. The number of nitrogens with zero attached hydrogens (tertiary/aromatic N) is 2. The number of hydrogen-bond donors (Lipinski definition) is 2. The van der Waals surface area contributed by atoms with E-state index in [0.29, 0.717) is 31.4 Å². The Morgan fingerprint density at radius 1 is 1.10 bits per heavy atom. The fourth-order valence-electron chi connectivity index (χ4n) is 3.42. The van der Waals surface area contributed by atoms with Crippen molar-refractivity contribution in [2.24, 2.45) is 4.99 Å². The summed E-state index contributed by atoms with van der Waals surface area (Å²) in [4.78, 5) is 6.32. The number of morpholine rings is 1. The minimum Gasteiger partial charge on any atom is -0.378 e. The summed E-state index contributed by atoms with van der Waals surface area (Å²) in [5, 5.41) is 6.65. The van der Waals surface area contributed by atoms with Crippen LogP contribution in [0.25, 0.3) is 0 Å². The van der Waals surface area contributed by atoms with Crippen LogP contribution >= 0.6 is 24.0 Å². The molecule has 7 heteroatoms. The van der Waals surface area contributed by atoms with Crippen molar-refractivity contribution in [2.75, 3.05) is 44.8 Å². The third-order valence-electron chi connectivity index (χ3n) is 5.30. The quantitative estimate of drug-likeness (QED) is 0.341. The average Bonchev–Trinajstić information content (AvgIpc) is 2.75. The molecule has 0 atom stereocenters. The Labute approximate surface area is 196 Å². The molecule has 0 amide bonds. The molecule has 1 heterocycles. The van der Waals surface area contributed by atoms with Crippen LogP contribution in [0, 0.1) is 5.82 Å². The Morgan fingerprint density at radius 3 is 2.43 bits per heavy atom. The third-order valence-corrected chi connectivity index (χ3v) is 5.30. The molecule has 3 rings (SSSR count). The van der Waals surface area contributed by atoms with Crippen molar-refractivity contribution >= 4 is 35.6 Å². The standard InChI is InChI=1S/C23H31FN4O.HI/c1-23(2,19-7-5-4-6-8-19)17-27-22(25-3)26-16-18-9-10-21(20(24)15-18)28-11-13-29-14-12-28;/h4-10,15H,11-14,16-17H2,1-3H3,(H2,25,26,27);1H. The highest BCUT2D eigenvalue weighted by atomic mass is 127. The lowest BCUT2D eigenvalue weighted by atomic mass is 9.85. The molecule has 1 fully saturated rings. The first-order chi connectivity index (χ1) is 14.0. The molecule has 1 saturated heterocycles. The van der Waals surface area contributed by atoms with Crippen molar-refractivity contribution in [3.05, 3.63) is 65.5 Å². The summed E-state index contributed by atoms with van der Waals surface area (Å²) < 4.78 is 19.9. The van der Waals surface area contributed by atoms with E-state index >= 15 is 0 Å². The number of hydrogen-bond acceptors (Lipinski definition) is 3. The van der Waals surface area contributed by atoms with Crippen LogP contribution in [-0.4, -0.2) is 45.9 Å². The lowest BCUT2D eigenvalue weighted by Crippen LogP contribution is -2.43. The molecule has 0 saturated carbocycles. The third kappa shape index (κ3) is 6.57. The zero-order chi connectivity index (χ0) is 20.7. The summed E-state index contributed by atoms with van der Waals surface area (Å²) in [7, 11) is 1.74. The number of nitrogens with one attached hydrogen (secondary N) is 2. The van der Waals surface area contributed by atoms with Crippen molar-refractivity contribution in [1.29, 1.82) is 0 Å². The van der Waals surface area contributed by atoms with Crippen molar-refractivity contribution in [3.63, 3.8) is 0 Å². The molecule has 5 nitrogen and oxygen atoms in total. The van der Waals surface area contributed by atoms with Crippen molar-refractivity contribution in [3.8, 4) is 0 Å². The summed E-state index contributed by atoms with van der Waals surface area (Å²) in [5.41, 5.74) is 2.75. The van der Waals surface area contributed by atoms with E-state index in [-0.39, 0.29) is 35.2 Å². The van der Waals surface area contributed by atoms with E-state index in [9.17, 15) is 4.39 Å². The molecular weight excluding hydrogens is 494 g/mol. The second kappa shape index (κ2) is 11.5. The van der Waals surface area contributed by atoms with Gasteiger partial charge in [-0.1, -0.05) is 50.2 Å². The average molecular weight is 526 g/mol. The molecule has 164 valence electrons. The SMILES string of the molecule is CN=C(NCc1ccc(N2CCOCC2)c(F)c1)NCC(C)(C)c1ccccc1.I. The molecule has 2 aromatic carbocycles. The molecule has 0 radical (unpaired) electrons. The van der Waals surface area contributed by atoms with Gasteiger partial charge in [-0.25, -0.2) is 4.39 Å². The van der Waals surface area contributed by atoms with Gasteiger partial charge in [-0.15, -0.1) is 24.0 Å². The van der Waals surface area contributed by atoms with E-state index in [4.69, 9.17) is 4.74 Å². The van der Waals surface area contributed by atoms with Gasteiger partial charge in [0.05, 0.1) is 18.9 Å². The topological polar surface area (TPSA) is 48.9 Å². The summed E-state index contributed by atoms with van der Waals surface area (Å²) >= 11 is 0. The van der Waals surface area contributed by atoms with E-state index < -0.39 is 0 Å². The second-order valence-corrected chi connectivity index (χ2v) is 7.91. The maximum absolute atomic E-state index is 14.6. The van der Waals surface area contributed by atoms with Crippen LogP contribution in [0.5, 0.6) is 0 Å². The second-order valence-electron chi connectivity index (χ2n) is 7.91. The van der Waals surface area contributed by atoms with Crippen molar-refractivity contribution < 1.29 is 9.13 Å². The van der Waals surface area contributed by atoms with E-state index in [1.54, 1.807) is 13.1 Å². The van der Waals surface area contributed by atoms with E-state index in [1.165, 1.54) is 5.56 Å². The highest BCUT2D eigenvalue weighted by Gasteiger charge is 2.20. The van der Waals surface area contributed by atoms with E-state index in [0.717, 1.165) is 25.2 Å². The van der Waals surface area contributed by atoms with Gasteiger partial charge in [-0.2, -0.15) is 0 Å². The Bertz CT molecular complexity index is 823. The number of rotatable bonds is 6.